The first kappa shape index (κ1) is 30.0. The van der Waals surface area contributed by atoms with Crippen molar-refractivity contribution in [1.82, 2.24) is 0 Å². The number of hydrogen-bond acceptors (Lipinski definition) is 4. The van der Waals surface area contributed by atoms with Crippen molar-refractivity contribution in [2.24, 2.45) is 0 Å². The average molecular weight is 395 g/mol. The van der Waals surface area contributed by atoms with Crippen LogP contribution in [0.4, 0.5) is 0 Å². The van der Waals surface area contributed by atoms with Crippen molar-refractivity contribution in [3.8, 4) is 0 Å². The van der Waals surface area contributed by atoms with Gasteiger partial charge in [0.25, 0.3) is 10.1 Å². The Hall–Kier alpha value is 0.306. The molecule has 0 aliphatic carbocycles. The van der Waals surface area contributed by atoms with Crippen LogP contribution >= 0.6 is 0 Å². The first-order chi connectivity index (χ1) is 11.4. The molecule has 0 aromatic heterocycles. The predicted molar refractivity (Wildman–Crippen MR) is 101 cm³/mol. The van der Waals surface area contributed by atoms with Crippen LogP contribution in [0.3, 0.4) is 0 Å². The van der Waals surface area contributed by atoms with E-state index in [9.17, 15) is 13.2 Å². The summed E-state index contributed by atoms with van der Waals surface area (Å²) in [6.45, 7) is 8.16. The van der Waals surface area contributed by atoms with Gasteiger partial charge in [0.1, 0.15) is 0 Å². The summed E-state index contributed by atoms with van der Waals surface area (Å²) in [7, 11) is -2.04. The van der Waals surface area contributed by atoms with Crippen LogP contribution in [0.2, 0.25) is 0 Å². The predicted octanol–water partition coefficient (Wildman–Crippen LogP) is 1.39. The molecule has 0 saturated heterocycles. The zero-order valence-electron chi connectivity index (χ0n) is 16.3. The Morgan fingerprint density at radius 1 is 1.16 bits per heavy atom. The maximum absolute atomic E-state index is 10.1. The van der Waals surface area contributed by atoms with Gasteiger partial charge in [0.15, 0.2) is 0 Å². The van der Waals surface area contributed by atoms with Crippen molar-refractivity contribution in [2.75, 3.05) is 13.4 Å². The van der Waals surface area contributed by atoms with Gasteiger partial charge in [0.2, 0.25) is 0 Å². The summed E-state index contributed by atoms with van der Waals surface area (Å²) >= 11 is 0. The second-order valence-electron chi connectivity index (χ2n) is 4.79. The van der Waals surface area contributed by atoms with Crippen molar-refractivity contribution in [2.45, 2.75) is 45.4 Å². The Bertz CT molecular complexity index is 489. The molecule has 0 aliphatic rings. The SMILES string of the molecule is CC.COS(C)(=O)=O.[CH2-]C(CC[CH-]CC[CH-]C=O)c1ccccc1.[K+]. The van der Waals surface area contributed by atoms with Crippen LogP contribution in [-0.2, 0) is 19.1 Å². The van der Waals surface area contributed by atoms with Gasteiger partial charge in [-0.05, 0) is 6.29 Å². The first-order valence-corrected chi connectivity index (χ1v) is 9.94. The van der Waals surface area contributed by atoms with Crippen molar-refractivity contribution in [1.29, 1.82) is 0 Å². The third-order valence-electron chi connectivity index (χ3n) is 2.93. The molecule has 1 rings (SSSR count). The fourth-order valence-corrected chi connectivity index (χ4v) is 1.64. The molecule has 6 heteroatoms. The van der Waals surface area contributed by atoms with Gasteiger partial charge in [-0.15, -0.1) is 12.3 Å². The standard InChI is InChI=1S/C15H19O.C2H6O3S.C2H6.K/c1-14(15-11-7-5-8-12-15)10-6-3-2-4-9-13-16;1-5-6(2,3)4;1-2;/h3,5,7-9,11-14H,1-2,4,6,10H2;1-2H3;1-2H3;/q-3;;;+1. The van der Waals surface area contributed by atoms with Gasteiger partial charge < -0.3 is 24.6 Å². The quantitative estimate of drug-likeness (QED) is 0.209. The van der Waals surface area contributed by atoms with Crippen molar-refractivity contribution in [3.05, 3.63) is 55.7 Å². The number of carbonyl (C=O) groups is 1. The second kappa shape index (κ2) is 20.6. The van der Waals surface area contributed by atoms with E-state index in [1.807, 2.05) is 19.9 Å². The molecular weight excluding hydrogens is 363 g/mol. The summed E-state index contributed by atoms with van der Waals surface area (Å²) in [5, 5.41) is 0. The average Bonchev–Trinajstić information content (AvgIpc) is 2.60. The minimum absolute atomic E-state index is 0. The van der Waals surface area contributed by atoms with Crippen LogP contribution in [-0.4, -0.2) is 28.1 Å². The molecule has 4 nitrogen and oxygen atoms in total. The number of carbonyl (C=O) groups excluding carboxylic acids is 1. The van der Waals surface area contributed by atoms with E-state index in [4.69, 9.17) is 0 Å². The summed E-state index contributed by atoms with van der Waals surface area (Å²) < 4.78 is 23.5. The Labute approximate surface area is 197 Å². The minimum atomic E-state index is -3.16. The van der Waals surface area contributed by atoms with Gasteiger partial charge in [0, 0.05) is 0 Å². The zero-order chi connectivity index (χ0) is 18.8. The van der Waals surface area contributed by atoms with E-state index in [-0.39, 0.29) is 51.4 Å². The van der Waals surface area contributed by atoms with Gasteiger partial charge in [-0.1, -0.05) is 49.7 Å². The van der Waals surface area contributed by atoms with E-state index >= 15 is 0 Å². The topological polar surface area (TPSA) is 60.4 Å². The van der Waals surface area contributed by atoms with Crippen molar-refractivity contribution in [3.63, 3.8) is 0 Å². The molecule has 140 valence electrons. The Kier molecular flexibility index (Phi) is 24.8. The van der Waals surface area contributed by atoms with Gasteiger partial charge in [-0.2, -0.15) is 21.3 Å². The number of benzene rings is 1. The van der Waals surface area contributed by atoms with Crippen LogP contribution in [0.15, 0.2) is 30.3 Å². The Morgan fingerprint density at radius 3 is 2.12 bits per heavy atom. The van der Waals surface area contributed by atoms with Gasteiger partial charge in [-0.25, -0.2) is 6.42 Å². The summed E-state index contributed by atoms with van der Waals surface area (Å²) in [6.07, 6.45) is 9.74. The fourth-order valence-electron chi connectivity index (χ4n) is 1.64. The van der Waals surface area contributed by atoms with Gasteiger partial charge in [-0.3, -0.25) is 4.18 Å². The van der Waals surface area contributed by atoms with E-state index in [1.54, 1.807) is 6.42 Å². The summed E-state index contributed by atoms with van der Waals surface area (Å²) in [4.78, 5) is 10.1. The first-order valence-electron chi connectivity index (χ1n) is 8.13. The molecule has 0 aliphatic heterocycles. The maximum atomic E-state index is 10.1. The molecule has 0 heterocycles. The molecule has 1 aromatic rings. The third kappa shape index (κ3) is 22.3. The molecule has 0 fully saturated rings. The van der Waals surface area contributed by atoms with Crippen LogP contribution in [0.25, 0.3) is 0 Å². The molecule has 1 atom stereocenters. The molecule has 0 amide bonds. The van der Waals surface area contributed by atoms with Gasteiger partial charge in [0.05, 0.1) is 13.4 Å². The minimum Gasteiger partial charge on any atom is -0.338 e. The van der Waals surface area contributed by atoms with Crippen molar-refractivity contribution < 1.29 is 68.8 Å². The smallest absolute Gasteiger partial charge is 0.338 e. The van der Waals surface area contributed by atoms with E-state index in [0.717, 1.165) is 45.3 Å². The molecule has 25 heavy (non-hydrogen) atoms. The maximum Gasteiger partial charge on any atom is 1.00 e. The molecule has 1 unspecified atom stereocenters. The van der Waals surface area contributed by atoms with Crippen LogP contribution in [0.5, 0.6) is 0 Å². The summed E-state index contributed by atoms with van der Waals surface area (Å²) in [5.41, 5.74) is 1.30. The fraction of sp³-hybridized carbons (Fsp3) is 0.474. The summed E-state index contributed by atoms with van der Waals surface area (Å²) in [5.74, 6) is 0.368. The van der Waals surface area contributed by atoms with E-state index < -0.39 is 10.1 Å². The monoisotopic (exact) mass is 394 g/mol. The third-order valence-corrected chi connectivity index (χ3v) is 3.53. The van der Waals surface area contributed by atoms with Crippen LogP contribution in [0, 0.1) is 19.8 Å². The molecule has 0 N–H and O–H groups in total. The molecular formula is C19H31KO4S-2. The number of aldehydes is 1. The molecule has 0 bridgehead atoms. The molecule has 0 saturated carbocycles. The van der Waals surface area contributed by atoms with Gasteiger partial charge >= 0.3 is 51.4 Å². The molecule has 1 aromatic carbocycles. The molecule has 0 spiro atoms. The Morgan fingerprint density at radius 2 is 1.68 bits per heavy atom. The van der Waals surface area contributed by atoms with E-state index in [1.165, 1.54) is 5.56 Å². The second-order valence-corrected chi connectivity index (χ2v) is 6.54. The Balaban J connectivity index is -0.000000459. The van der Waals surface area contributed by atoms with E-state index in [0.29, 0.717) is 5.92 Å². The van der Waals surface area contributed by atoms with Crippen LogP contribution < -0.4 is 51.4 Å². The number of unbranched alkanes of at least 4 members (excludes halogenated alkanes) is 4. The molecule has 0 radical (unpaired) electrons. The number of hydrogen-bond donors (Lipinski definition) is 0. The zero-order valence-corrected chi connectivity index (χ0v) is 20.2. The van der Waals surface area contributed by atoms with E-state index in [2.05, 4.69) is 41.8 Å². The summed E-state index contributed by atoms with van der Waals surface area (Å²) in [6, 6.07) is 10.4. The normalized spacial score (nSPS) is 10.8. The largest absolute Gasteiger partial charge is 1.00 e. The number of rotatable bonds is 9. The van der Waals surface area contributed by atoms with Crippen molar-refractivity contribution >= 4 is 16.4 Å². The van der Waals surface area contributed by atoms with Crippen LogP contribution in [0.1, 0.15) is 51.0 Å².